The maximum atomic E-state index is 12.6. The summed E-state index contributed by atoms with van der Waals surface area (Å²) in [5.74, 6) is -0.539. The lowest BCUT2D eigenvalue weighted by molar-refractivity contribution is -0.120. The summed E-state index contributed by atoms with van der Waals surface area (Å²) < 4.78 is 4.78. The van der Waals surface area contributed by atoms with Gasteiger partial charge in [-0.05, 0) is 44.0 Å². The molecule has 26 heavy (non-hydrogen) atoms. The summed E-state index contributed by atoms with van der Waals surface area (Å²) in [5, 5.41) is 2.90. The third-order valence-electron chi connectivity index (χ3n) is 4.86. The van der Waals surface area contributed by atoms with E-state index in [1.165, 1.54) is 18.4 Å². The van der Waals surface area contributed by atoms with Gasteiger partial charge in [-0.3, -0.25) is 4.79 Å². The summed E-state index contributed by atoms with van der Waals surface area (Å²) in [4.78, 5) is 26.8. The Morgan fingerprint density at radius 1 is 1.04 bits per heavy atom. The van der Waals surface area contributed by atoms with E-state index in [1.54, 1.807) is 24.3 Å². The van der Waals surface area contributed by atoms with Crippen LogP contribution in [0.5, 0.6) is 0 Å². The molecule has 1 N–H and O–H groups in total. The molecule has 3 rings (SSSR count). The zero-order chi connectivity index (χ0) is 18.5. The first-order chi connectivity index (χ1) is 12.6. The van der Waals surface area contributed by atoms with Gasteiger partial charge in [0, 0.05) is 24.7 Å². The molecule has 0 radical (unpaired) electrons. The van der Waals surface area contributed by atoms with Crippen LogP contribution in [0, 0.1) is 12.8 Å². The van der Waals surface area contributed by atoms with Crippen molar-refractivity contribution in [2.24, 2.45) is 5.92 Å². The minimum atomic E-state index is -0.449. The first-order valence-electron chi connectivity index (χ1n) is 8.88. The number of hydrogen-bond acceptors (Lipinski definition) is 4. The summed E-state index contributed by atoms with van der Waals surface area (Å²) in [6.45, 7) is 3.77. The highest BCUT2D eigenvalue weighted by Crippen LogP contribution is 2.25. The number of benzene rings is 2. The van der Waals surface area contributed by atoms with Crippen LogP contribution in [0.15, 0.2) is 48.5 Å². The van der Waals surface area contributed by atoms with E-state index in [0.717, 1.165) is 25.9 Å². The van der Waals surface area contributed by atoms with Crippen molar-refractivity contribution >= 4 is 23.3 Å². The molecular formula is C21H24N2O3. The van der Waals surface area contributed by atoms with Crippen molar-refractivity contribution in [2.45, 2.75) is 19.8 Å². The molecule has 5 heteroatoms. The lowest BCUT2D eigenvalue weighted by atomic mass is 9.95. The molecule has 1 aliphatic heterocycles. The highest BCUT2D eigenvalue weighted by Gasteiger charge is 2.26. The van der Waals surface area contributed by atoms with Gasteiger partial charge in [0.25, 0.3) is 0 Å². The van der Waals surface area contributed by atoms with Crippen LogP contribution >= 0.6 is 0 Å². The fraction of sp³-hybridized carbons (Fsp3) is 0.333. The van der Waals surface area contributed by atoms with Gasteiger partial charge < -0.3 is 15.0 Å². The van der Waals surface area contributed by atoms with Gasteiger partial charge in [0.2, 0.25) is 5.91 Å². The lowest BCUT2D eigenvalue weighted by Gasteiger charge is -2.33. The molecule has 0 spiro atoms. The summed E-state index contributed by atoms with van der Waals surface area (Å²) in [6, 6.07) is 15.4. The summed E-state index contributed by atoms with van der Waals surface area (Å²) >= 11 is 0. The smallest absolute Gasteiger partial charge is 0.339 e. The van der Waals surface area contributed by atoms with Crippen LogP contribution in [-0.2, 0) is 9.53 Å². The number of esters is 1. The third kappa shape index (κ3) is 4.04. The van der Waals surface area contributed by atoms with Crippen molar-refractivity contribution < 1.29 is 14.3 Å². The van der Waals surface area contributed by atoms with Crippen LogP contribution in [0.25, 0.3) is 0 Å². The Bertz CT molecular complexity index is 778. The van der Waals surface area contributed by atoms with Crippen molar-refractivity contribution in [3.05, 3.63) is 59.7 Å². The number of ether oxygens (including phenoxy) is 1. The molecule has 0 atom stereocenters. The molecule has 1 saturated heterocycles. The number of hydrogen-bond donors (Lipinski definition) is 1. The number of piperidine rings is 1. The molecule has 1 heterocycles. The molecule has 2 aromatic rings. The van der Waals surface area contributed by atoms with Crippen LogP contribution in [-0.4, -0.2) is 32.1 Å². The number of carbonyl (C=O) groups excluding carboxylic acids is 2. The van der Waals surface area contributed by atoms with Gasteiger partial charge in [-0.15, -0.1) is 0 Å². The Kier molecular flexibility index (Phi) is 5.56. The Hall–Kier alpha value is -2.82. The Morgan fingerprint density at radius 3 is 2.35 bits per heavy atom. The highest BCUT2D eigenvalue weighted by atomic mass is 16.5. The zero-order valence-corrected chi connectivity index (χ0v) is 15.2. The fourth-order valence-electron chi connectivity index (χ4n) is 3.27. The van der Waals surface area contributed by atoms with Gasteiger partial charge in [-0.25, -0.2) is 4.79 Å². The second-order valence-corrected chi connectivity index (χ2v) is 6.62. The maximum Gasteiger partial charge on any atom is 0.339 e. The van der Waals surface area contributed by atoms with E-state index in [4.69, 9.17) is 4.74 Å². The van der Waals surface area contributed by atoms with E-state index < -0.39 is 5.97 Å². The highest BCUT2D eigenvalue weighted by molar-refractivity contribution is 6.01. The number of carbonyl (C=O) groups is 2. The molecule has 1 aliphatic rings. The first kappa shape index (κ1) is 18.0. The zero-order valence-electron chi connectivity index (χ0n) is 15.2. The van der Waals surface area contributed by atoms with Gasteiger partial charge in [0.15, 0.2) is 0 Å². The minimum Gasteiger partial charge on any atom is -0.465 e. The van der Waals surface area contributed by atoms with Gasteiger partial charge in [0.05, 0.1) is 18.4 Å². The number of anilines is 2. The summed E-state index contributed by atoms with van der Waals surface area (Å²) in [7, 11) is 1.34. The van der Waals surface area contributed by atoms with Crippen LogP contribution in [0.4, 0.5) is 11.4 Å². The number of nitrogens with one attached hydrogen (secondary N) is 1. The predicted molar refractivity (Wildman–Crippen MR) is 103 cm³/mol. The van der Waals surface area contributed by atoms with Crippen LogP contribution < -0.4 is 10.2 Å². The van der Waals surface area contributed by atoms with Gasteiger partial charge in [0.1, 0.15) is 0 Å². The van der Waals surface area contributed by atoms with Crippen molar-refractivity contribution in [1.82, 2.24) is 0 Å². The van der Waals surface area contributed by atoms with Crippen molar-refractivity contribution in [3.8, 4) is 0 Å². The molecule has 0 aliphatic carbocycles. The Morgan fingerprint density at radius 2 is 1.69 bits per heavy atom. The van der Waals surface area contributed by atoms with E-state index in [2.05, 4.69) is 41.4 Å². The molecular weight excluding hydrogens is 328 g/mol. The van der Waals surface area contributed by atoms with Crippen LogP contribution in [0.2, 0.25) is 0 Å². The largest absolute Gasteiger partial charge is 0.465 e. The van der Waals surface area contributed by atoms with Crippen molar-refractivity contribution in [3.63, 3.8) is 0 Å². The number of methoxy groups -OCH3 is 1. The van der Waals surface area contributed by atoms with Crippen molar-refractivity contribution in [1.29, 1.82) is 0 Å². The van der Waals surface area contributed by atoms with E-state index in [1.807, 2.05) is 0 Å². The first-order valence-corrected chi connectivity index (χ1v) is 8.88. The number of rotatable bonds is 4. The third-order valence-corrected chi connectivity index (χ3v) is 4.86. The van der Waals surface area contributed by atoms with Gasteiger partial charge in [-0.2, -0.15) is 0 Å². The number of amides is 1. The number of para-hydroxylation sites is 1. The monoisotopic (exact) mass is 352 g/mol. The minimum absolute atomic E-state index is 0.0371. The van der Waals surface area contributed by atoms with Crippen LogP contribution in [0.1, 0.15) is 28.8 Å². The second kappa shape index (κ2) is 8.04. The van der Waals surface area contributed by atoms with E-state index in [0.29, 0.717) is 11.3 Å². The summed E-state index contributed by atoms with van der Waals surface area (Å²) in [5.41, 5.74) is 3.32. The molecule has 0 aromatic heterocycles. The predicted octanol–water partition coefficient (Wildman–Crippen LogP) is 3.64. The average molecular weight is 352 g/mol. The van der Waals surface area contributed by atoms with E-state index in [9.17, 15) is 9.59 Å². The fourth-order valence-corrected chi connectivity index (χ4v) is 3.27. The molecule has 2 aromatic carbocycles. The van der Waals surface area contributed by atoms with Gasteiger partial charge >= 0.3 is 5.97 Å². The number of aryl methyl sites for hydroxylation is 1. The summed E-state index contributed by atoms with van der Waals surface area (Å²) in [6.07, 6.45) is 1.58. The quantitative estimate of drug-likeness (QED) is 0.854. The second-order valence-electron chi connectivity index (χ2n) is 6.62. The maximum absolute atomic E-state index is 12.6. The normalized spacial score (nSPS) is 14.8. The molecule has 1 fully saturated rings. The molecule has 0 bridgehead atoms. The average Bonchev–Trinajstić information content (AvgIpc) is 2.68. The molecule has 1 amide bonds. The molecule has 136 valence electrons. The Balaban J connectivity index is 1.61. The van der Waals surface area contributed by atoms with E-state index >= 15 is 0 Å². The van der Waals surface area contributed by atoms with E-state index in [-0.39, 0.29) is 11.8 Å². The lowest BCUT2D eigenvalue weighted by Crippen LogP contribution is -2.38. The van der Waals surface area contributed by atoms with Crippen LogP contribution in [0.3, 0.4) is 0 Å². The molecule has 0 saturated carbocycles. The topological polar surface area (TPSA) is 58.6 Å². The molecule has 0 unspecified atom stereocenters. The Labute approximate surface area is 154 Å². The number of nitrogens with zero attached hydrogens (tertiary/aromatic N) is 1. The SMILES string of the molecule is COC(=O)c1ccccc1NC(=O)C1CCN(c2ccc(C)cc2)CC1. The van der Waals surface area contributed by atoms with Gasteiger partial charge in [-0.1, -0.05) is 29.8 Å². The molecule has 5 nitrogen and oxygen atoms in total. The standard InChI is InChI=1S/C21H24N2O3/c1-15-7-9-17(10-8-15)23-13-11-16(12-14-23)20(24)22-19-6-4-3-5-18(19)21(25)26-2/h3-10,16H,11-14H2,1-2H3,(H,22,24). The van der Waals surface area contributed by atoms with Crippen molar-refractivity contribution in [2.75, 3.05) is 30.4 Å².